The summed E-state index contributed by atoms with van der Waals surface area (Å²) >= 11 is 0. The van der Waals surface area contributed by atoms with Gasteiger partial charge in [-0.3, -0.25) is 24.0 Å². The van der Waals surface area contributed by atoms with Gasteiger partial charge in [0.05, 0.1) is 12.0 Å². The van der Waals surface area contributed by atoms with E-state index in [2.05, 4.69) is 12.2 Å². The molecule has 10 heteroatoms. The monoisotopic (exact) mass is 593 g/mol. The van der Waals surface area contributed by atoms with Gasteiger partial charge >= 0.3 is 11.9 Å². The Labute approximate surface area is 250 Å². The number of hydrogen-bond donors (Lipinski definition) is 3. The highest BCUT2D eigenvalue weighted by molar-refractivity contribution is 5.95. The van der Waals surface area contributed by atoms with Crippen molar-refractivity contribution in [2.75, 3.05) is 6.61 Å². The molecule has 0 aromatic heterocycles. The average Bonchev–Trinajstić information content (AvgIpc) is 3.24. The summed E-state index contributed by atoms with van der Waals surface area (Å²) in [7, 11) is 0. The van der Waals surface area contributed by atoms with Gasteiger partial charge in [-0.15, -0.1) is 0 Å². The van der Waals surface area contributed by atoms with Gasteiger partial charge in [-0.2, -0.15) is 0 Å². The second-order valence-corrected chi connectivity index (χ2v) is 13.2. The molecule has 0 radical (unpaired) electrons. The molecule has 0 heterocycles. The maximum absolute atomic E-state index is 13.7. The lowest BCUT2D eigenvalue weighted by atomic mass is 9.46. The Morgan fingerprint density at radius 3 is 2.42 bits per heavy atom. The maximum atomic E-state index is 13.7. The van der Waals surface area contributed by atoms with E-state index in [9.17, 15) is 33.9 Å². The minimum atomic E-state index is -1.80. The van der Waals surface area contributed by atoms with Crippen LogP contribution in [-0.4, -0.2) is 57.6 Å². The number of allylic oxidation sites excluding steroid dienone is 1. The molecule has 3 fully saturated rings. The summed E-state index contributed by atoms with van der Waals surface area (Å²) in [6.07, 6.45) is 4.69. The number of hydrogen-bond acceptors (Lipinski definition) is 8. The number of nitrogens with one attached hydrogen (secondary N) is 1. The first kappa shape index (κ1) is 30.8. The van der Waals surface area contributed by atoms with Crippen molar-refractivity contribution in [3.8, 4) is 0 Å². The summed E-state index contributed by atoms with van der Waals surface area (Å²) in [5, 5.41) is 23.4. The summed E-state index contributed by atoms with van der Waals surface area (Å²) in [4.78, 5) is 74.7. The molecule has 1 aromatic rings. The van der Waals surface area contributed by atoms with Crippen LogP contribution < -0.4 is 5.32 Å². The smallest absolute Gasteiger partial charge is 0.335 e. The van der Waals surface area contributed by atoms with E-state index in [0.717, 1.165) is 18.4 Å². The summed E-state index contributed by atoms with van der Waals surface area (Å²) in [6, 6.07) is 6.04. The first-order valence-corrected chi connectivity index (χ1v) is 15.1. The van der Waals surface area contributed by atoms with Crippen LogP contribution in [0.4, 0.5) is 0 Å². The molecule has 230 valence electrons. The highest BCUT2D eigenvalue weighted by Crippen LogP contribution is 2.66. The van der Waals surface area contributed by atoms with Crippen molar-refractivity contribution in [2.24, 2.45) is 28.6 Å². The van der Waals surface area contributed by atoms with Crippen LogP contribution in [-0.2, 0) is 35.3 Å². The van der Waals surface area contributed by atoms with Gasteiger partial charge in [0.15, 0.2) is 12.4 Å². The number of aromatic carboxylic acids is 1. The van der Waals surface area contributed by atoms with Gasteiger partial charge < -0.3 is 20.3 Å². The lowest BCUT2D eigenvalue weighted by Gasteiger charge is -2.57. The minimum absolute atomic E-state index is 0.0135. The Bertz CT molecular complexity index is 1400. The van der Waals surface area contributed by atoms with Crippen molar-refractivity contribution in [1.29, 1.82) is 0 Å². The zero-order valence-corrected chi connectivity index (χ0v) is 24.6. The molecule has 4 aliphatic rings. The van der Waals surface area contributed by atoms with Crippen LogP contribution in [0.1, 0.15) is 87.6 Å². The topological polar surface area (TPSA) is 164 Å². The normalized spacial score (nSPS) is 33.0. The van der Waals surface area contributed by atoms with Crippen LogP contribution in [0.2, 0.25) is 0 Å². The van der Waals surface area contributed by atoms with Crippen LogP contribution >= 0.6 is 0 Å². The first-order chi connectivity index (χ1) is 20.3. The first-order valence-electron chi connectivity index (χ1n) is 15.1. The molecular weight excluding hydrogens is 554 g/mol. The van der Waals surface area contributed by atoms with E-state index in [1.54, 1.807) is 18.2 Å². The quantitative estimate of drug-likeness (QED) is 0.364. The SMILES string of the molecule is C[C@]12CCC(=O)C=C1CC[C@@H]1[C@H]2C(=O)C[C@@]2(C)[C@H]1CC[C@]2(O)C(=O)COC(=O)CCC(=O)NCc1ccc(C(=O)O)cc1. The molecule has 0 spiro atoms. The van der Waals surface area contributed by atoms with E-state index in [-0.39, 0.29) is 72.5 Å². The fourth-order valence-corrected chi connectivity index (χ4v) is 8.45. The summed E-state index contributed by atoms with van der Waals surface area (Å²) in [5.41, 5.74) is -1.25. The molecule has 0 aliphatic heterocycles. The Morgan fingerprint density at radius 1 is 1.00 bits per heavy atom. The molecule has 3 saturated carbocycles. The zero-order chi connectivity index (χ0) is 31.2. The molecule has 3 N–H and O–H groups in total. The van der Waals surface area contributed by atoms with Crippen LogP contribution in [0, 0.1) is 28.6 Å². The lowest BCUT2D eigenvalue weighted by Crippen LogP contribution is -2.61. The van der Waals surface area contributed by atoms with Gasteiger partial charge in [-0.1, -0.05) is 31.6 Å². The Morgan fingerprint density at radius 2 is 1.72 bits per heavy atom. The molecule has 0 unspecified atom stereocenters. The number of carboxylic acids is 1. The zero-order valence-electron chi connectivity index (χ0n) is 24.6. The maximum Gasteiger partial charge on any atom is 0.335 e. The van der Waals surface area contributed by atoms with Crippen LogP contribution in [0.5, 0.6) is 0 Å². The Kier molecular flexibility index (Phi) is 8.19. The van der Waals surface area contributed by atoms with Gasteiger partial charge in [-0.25, -0.2) is 4.79 Å². The molecule has 5 rings (SSSR count). The molecule has 10 nitrogen and oxygen atoms in total. The number of carboxylic acid groups (broad SMARTS) is 1. The number of benzene rings is 1. The minimum Gasteiger partial charge on any atom is -0.478 e. The van der Waals surface area contributed by atoms with Crippen molar-refractivity contribution in [3.05, 3.63) is 47.0 Å². The van der Waals surface area contributed by atoms with E-state index in [4.69, 9.17) is 9.84 Å². The lowest BCUT2D eigenvalue weighted by molar-refractivity contribution is -0.173. The van der Waals surface area contributed by atoms with Crippen molar-refractivity contribution in [2.45, 2.75) is 83.8 Å². The number of amides is 1. The number of Topliss-reactive ketones (excluding diaryl/α,β-unsaturated/α-hetero) is 2. The number of ether oxygens (including phenoxy) is 1. The van der Waals surface area contributed by atoms with Crippen LogP contribution in [0.25, 0.3) is 0 Å². The van der Waals surface area contributed by atoms with Crippen molar-refractivity contribution >= 4 is 35.2 Å². The Balaban J connectivity index is 1.14. The molecule has 1 aromatic carbocycles. The highest BCUT2D eigenvalue weighted by Gasteiger charge is 2.68. The average molecular weight is 594 g/mol. The molecule has 0 bridgehead atoms. The molecule has 6 atom stereocenters. The molecule has 1 amide bonds. The number of rotatable bonds is 9. The summed E-state index contributed by atoms with van der Waals surface area (Å²) < 4.78 is 5.18. The fraction of sp³-hybridized carbons (Fsp3) is 0.576. The predicted octanol–water partition coefficient (Wildman–Crippen LogP) is 3.34. The standard InChI is InChI=1S/C33H39NO9/c1-31-13-11-22(35)15-21(31)7-8-23-24-12-14-33(42,32(24,2)16-25(36)29(23)31)26(37)18-43-28(39)10-9-27(38)34-17-19-3-5-20(6-4-19)30(40)41/h3-6,15,23-24,29,42H,7-14,16-18H2,1-2H3,(H,34,38)(H,40,41)/t23-,24-,29-,31-,32-,33-/m0/s1. The van der Waals surface area contributed by atoms with Crippen LogP contribution in [0.15, 0.2) is 35.9 Å². The van der Waals surface area contributed by atoms with E-state index < -0.39 is 41.3 Å². The second-order valence-electron chi connectivity index (χ2n) is 13.2. The largest absolute Gasteiger partial charge is 0.478 e. The van der Waals surface area contributed by atoms with Gasteiger partial charge in [0.1, 0.15) is 11.4 Å². The van der Waals surface area contributed by atoms with Gasteiger partial charge in [-0.05, 0) is 73.1 Å². The van der Waals surface area contributed by atoms with Crippen LogP contribution in [0.3, 0.4) is 0 Å². The van der Waals surface area contributed by atoms with E-state index in [1.807, 2.05) is 6.92 Å². The number of fused-ring (bicyclic) bond motifs is 5. The number of esters is 1. The predicted molar refractivity (Wildman–Crippen MR) is 152 cm³/mol. The highest BCUT2D eigenvalue weighted by atomic mass is 16.5. The summed E-state index contributed by atoms with van der Waals surface area (Å²) in [5.74, 6) is -2.95. The van der Waals surface area contributed by atoms with E-state index in [1.165, 1.54) is 12.1 Å². The van der Waals surface area contributed by atoms with Gasteiger partial charge in [0, 0.05) is 37.1 Å². The number of ketones is 3. The number of carbonyl (C=O) groups excluding carboxylic acids is 5. The third kappa shape index (κ3) is 5.46. The van der Waals surface area contributed by atoms with Crippen molar-refractivity contribution in [1.82, 2.24) is 5.32 Å². The third-order valence-corrected chi connectivity index (χ3v) is 10.9. The summed E-state index contributed by atoms with van der Waals surface area (Å²) in [6.45, 7) is 3.43. The van der Waals surface area contributed by atoms with E-state index in [0.29, 0.717) is 24.8 Å². The molecular formula is C33H39NO9. The van der Waals surface area contributed by atoms with Crippen molar-refractivity contribution < 1.29 is 43.7 Å². The van der Waals surface area contributed by atoms with E-state index >= 15 is 0 Å². The second kappa shape index (κ2) is 11.4. The molecule has 43 heavy (non-hydrogen) atoms. The molecule has 4 aliphatic carbocycles. The van der Waals surface area contributed by atoms with Gasteiger partial charge in [0.25, 0.3) is 0 Å². The van der Waals surface area contributed by atoms with Gasteiger partial charge in [0.2, 0.25) is 11.7 Å². The number of aliphatic hydroxyl groups is 1. The fourth-order valence-electron chi connectivity index (χ4n) is 8.45. The third-order valence-electron chi connectivity index (χ3n) is 10.9. The number of carbonyl (C=O) groups is 6. The van der Waals surface area contributed by atoms with Crippen molar-refractivity contribution in [3.63, 3.8) is 0 Å². The Hall–Kier alpha value is -3.66. The molecule has 0 saturated heterocycles.